The summed E-state index contributed by atoms with van der Waals surface area (Å²) < 4.78 is 5.38. The summed E-state index contributed by atoms with van der Waals surface area (Å²) in [6.45, 7) is 6.12. The number of thiocarbonyl (C=S) groups is 1. The van der Waals surface area contributed by atoms with Gasteiger partial charge in [-0.25, -0.2) is 0 Å². The lowest BCUT2D eigenvalue weighted by atomic mass is 10.1. The van der Waals surface area contributed by atoms with E-state index in [0.29, 0.717) is 22.5 Å². The maximum absolute atomic E-state index is 10.2. The van der Waals surface area contributed by atoms with Crippen LogP contribution in [0.5, 0.6) is 11.5 Å². The highest BCUT2D eigenvalue weighted by Gasteiger charge is 2.13. The number of phenols is 2. The number of nitrogens with zero attached hydrogens (tertiary/aromatic N) is 1. The van der Waals surface area contributed by atoms with Gasteiger partial charge in [0.2, 0.25) is 0 Å². The molecule has 146 valence electrons. The molecular weight excluding hydrogens is 372 g/mol. The quantitative estimate of drug-likeness (QED) is 0.533. The fourth-order valence-corrected chi connectivity index (χ4v) is 3.32. The zero-order valence-corrected chi connectivity index (χ0v) is 16.7. The number of aromatic hydroxyl groups is 2. The molecule has 3 N–H and O–H groups in total. The van der Waals surface area contributed by atoms with Crippen molar-refractivity contribution in [1.82, 2.24) is 4.90 Å². The molecule has 0 unspecified atom stereocenters. The first-order chi connectivity index (χ1) is 13.6. The summed E-state index contributed by atoms with van der Waals surface area (Å²) in [5.41, 5.74) is 3.18. The van der Waals surface area contributed by atoms with Gasteiger partial charge in [-0.15, -0.1) is 5.92 Å². The van der Waals surface area contributed by atoms with Gasteiger partial charge in [-0.05, 0) is 30.7 Å². The van der Waals surface area contributed by atoms with E-state index in [-0.39, 0.29) is 11.5 Å². The van der Waals surface area contributed by atoms with Crippen LogP contribution in [0.4, 0.5) is 5.69 Å². The molecule has 0 aromatic heterocycles. The SMILES string of the molecule is CC#CCc1cc(C(=S)Nc2ccc(CN3CCOCC3)cc2)c(O)cc1O. The molecule has 28 heavy (non-hydrogen) atoms. The van der Waals surface area contributed by atoms with Gasteiger partial charge in [-0.3, -0.25) is 4.90 Å². The van der Waals surface area contributed by atoms with E-state index in [1.165, 1.54) is 11.6 Å². The molecule has 0 spiro atoms. The van der Waals surface area contributed by atoms with E-state index in [9.17, 15) is 10.2 Å². The largest absolute Gasteiger partial charge is 0.507 e. The first-order valence-electron chi connectivity index (χ1n) is 9.21. The first kappa shape index (κ1) is 20.2. The number of phenolic OH excluding ortho intramolecular Hbond substituents is 2. The summed E-state index contributed by atoms with van der Waals surface area (Å²) in [6.07, 6.45) is 0.397. The lowest BCUT2D eigenvalue weighted by Gasteiger charge is -2.26. The lowest BCUT2D eigenvalue weighted by molar-refractivity contribution is 0.0342. The van der Waals surface area contributed by atoms with Crippen molar-refractivity contribution < 1.29 is 14.9 Å². The third kappa shape index (κ3) is 5.23. The molecule has 1 aliphatic rings. The number of ether oxygens (including phenoxy) is 1. The van der Waals surface area contributed by atoms with Crippen LogP contribution in [-0.2, 0) is 17.7 Å². The number of hydrogen-bond donors (Lipinski definition) is 3. The molecule has 1 heterocycles. The van der Waals surface area contributed by atoms with Crippen molar-refractivity contribution >= 4 is 22.9 Å². The molecule has 1 fully saturated rings. The van der Waals surface area contributed by atoms with Crippen LogP contribution >= 0.6 is 12.2 Å². The monoisotopic (exact) mass is 396 g/mol. The van der Waals surface area contributed by atoms with Crippen LogP contribution in [0.3, 0.4) is 0 Å². The molecule has 0 atom stereocenters. The zero-order valence-electron chi connectivity index (χ0n) is 15.9. The van der Waals surface area contributed by atoms with E-state index in [1.54, 1.807) is 13.0 Å². The standard InChI is InChI=1S/C22H24N2O3S/c1-2-3-4-17-13-19(21(26)14-20(17)25)22(28)23-18-7-5-16(6-8-18)15-24-9-11-27-12-10-24/h5-8,13-14,25-26H,4,9-12,15H2,1H3,(H,23,28). The minimum atomic E-state index is -0.0628. The van der Waals surface area contributed by atoms with Gasteiger partial charge in [0.25, 0.3) is 0 Å². The van der Waals surface area contributed by atoms with E-state index in [1.807, 2.05) is 12.1 Å². The number of rotatable bonds is 5. The second-order valence-electron chi connectivity index (χ2n) is 6.64. The highest BCUT2D eigenvalue weighted by Crippen LogP contribution is 2.29. The van der Waals surface area contributed by atoms with Crippen molar-refractivity contribution in [3.63, 3.8) is 0 Å². The van der Waals surface area contributed by atoms with Crippen molar-refractivity contribution in [2.75, 3.05) is 31.6 Å². The molecule has 2 aromatic carbocycles. The van der Waals surface area contributed by atoms with E-state index in [4.69, 9.17) is 17.0 Å². The average Bonchev–Trinajstić information content (AvgIpc) is 2.69. The van der Waals surface area contributed by atoms with Gasteiger partial charge in [-0.1, -0.05) is 30.3 Å². The van der Waals surface area contributed by atoms with Crippen LogP contribution in [0.1, 0.15) is 23.6 Å². The Hall–Kier alpha value is -2.59. The molecule has 0 radical (unpaired) electrons. The molecule has 1 saturated heterocycles. The summed E-state index contributed by atoms with van der Waals surface area (Å²) in [7, 11) is 0. The predicted octanol–water partition coefficient (Wildman–Crippen LogP) is 3.28. The van der Waals surface area contributed by atoms with Gasteiger partial charge in [-0.2, -0.15) is 0 Å². The van der Waals surface area contributed by atoms with Crippen molar-refractivity contribution in [2.45, 2.75) is 19.9 Å². The Morgan fingerprint density at radius 1 is 1.14 bits per heavy atom. The Kier molecular flexibility index (Phi) is 6.88. The molecule has 1 aliphatic heterocycles. The summed E-state index contributed by atoms with van der Waals surface area (Å²) in [6, 6.07) is 11.1. The third-order valence-electron chi connectivity index (χ3n) is 4.62. The average molecular weight is 397 g/mol. The van der Waals surface area contributed by atoms with Crippen LogP contribution in [0.15, 0.2) is 36.4 Å². The first-order valence-corrected chi connectivity index (χ1v) is 9.62. The van der Waals surface area contributed by atoms with Gasteiger partial charge in [0.05, 0.1) is 18.8 Å². The van der Waals surface area contributed by atoms with Crippen LogP contribution in [0.2, 0.25) is 0 Å². The highest BCUT2D eigenvalue weighted by atomic mass is 32.1. The maximum Gasteiger partial charge on any atom is 0.129 e. The normalized spacial score (nSPS) is 14.2. The Morgan fingerprint density at radius 2 is 1.86 bits per heavy atom. The van der Waals surface area contributed by atoms with Crippen LogP contribution in [0.25, 0.3) is 0 Å². The molecular formula is C22H24N2O3S. The fourth-order valence-electron chi connectivity index (χ4n) is 3.04. The van der Waals surface area contributed by atoms with Gasteiger partial charge in [0, 0.05) is 43.4 Å². The van der Waals surface area contributed by atoms with Gasteiger partial charge >= 0.3 is 0 Å². The summed E-state index contributed by atoms with van der Waals surface area (Å²) in [5, 5.41) is 23.3. The zero-order chi connectivity index (χ0) is 19.9. The summed E-state index contributed by atoms with van der Waals surface area (Å²) >= 11 is 5.46. The minimum Gasteiger partial charge on any atom is -0.507 e. The molecule has 0 saturated carbocycles. The van der Waals surface area contributed by atoms with E-state index in [2.05, 4.69) is 34.2 Å². The topological polar surface area (TPSA) is 65.0 Å². The molecule has 0 bridgehead atoms. The van der Waals surface area contributed by atoms with E-state index < -0.39 is 0 Å². The number of anilines is 1. The van der Waals surface area contributed by atoms with Crippen molar-refractivity contribution in [1.29, 1.82) is 0 Å². The Labute approximate surface area is 171 Å². The fraction of sp³-hybridized carbons (Fsp3) is 0.318. The molecule has 0 amide bonds. The maximum atomic E-state index is 10.2. The van der Waals surface area contributed by atoms with E-state index in [0.717, 1.165) is 38.5 Å². The van der Waals surface area contributed by atoms with Gasteiger partial charge in [0.1, 0.15) is 16.5 Å². The third-order valence-corrected chi connectivity index (χ3v) is 4.94. The number of benzene rings is 2. The van der Waals surface area contributed by atoms with Crippen LogP contribution in [-0.4, -0.2) is 46.4 Å². The van der Waals surface area contributed by atoms with Gasteiger partial charge in [0.15, 0.2) is 0 Å². The molecule has 2 aromatic rings. The second-order valence-corrected chi connectivity index (χ2v) is 7.05. The Morgan fingerprint density at radius 3 is 2.54 bits per heavy atom. The predicted molar refractivity (Wildman–Crippen MR) is 115 cm³/mol. The Bertz CT molecular complexity index is 894. The van der Waals surface area contributed by atoms with Crippen LogP contribution < -0.4 is 5.32 Å². The summed E-state index contributed by atoms with van der Waals surface area (Å²) in [4.78, 5) is 2.76. The number of hydrogen-bond acceptors (Lipinski definition) is 5. The lowest BCUT2D eigenvalue weighted by Crippen LogP contribution is -2.35. The number of morpholine rings is 1. The highest BCUT2D eigenvalue weighted by molar-refractivity contribution is 7.81. The smallest absolute Gasteiger partial charge is 0.129 e. The van der Waals surface area contributed by atoms with Crippen LogP contribution in [0, 0.1) is 11.8 Å². The minimum absolute atomic E-state index is 0.0132. The van der Waals surface area contributed by atoms with Crippen molar-refractivity contribution in [2.24, 2.45) is 0 Å². The molecule has 5 nitrogen and oxygen atoms in total. The Balaban J connectivity index is 1.67. The van der Waals surface area contributed by atoms with E-state index >= 15 is 0 Å². The van der Waals surface area contributed by atoms with Crippen molar-refractivity contribution in [3.8, 4) is 23.3 Å². The number of nitrogens with one attached hydrogen (secondary N) is 1. The van der Waals surface area contributed by atoms with Gasteiger partial charge < -0.3 is 20.3 Å². The molecule has 3 rings (SSSR count). The molecule has 0 aliphatic carbocycles. The summed E-state index contributed by atoms with van der Waals surface area (Å²) in [5.74, 6) is 5.66. The second kappa shape index (κ2) is 9.56. The molecule has 6 heteroatoms. The van der Waals surface area contributed by atoms with Crippen molar-refractivity contribution in [3.05, 3.63) is 53.1 Å².